The number of piperidine rings is 1. The van der Waals surface area contributed by atoms with E-state index in [0.717, 1.165) is 38.2 Å². The number of allylic oxidation sites excluding steroid dienone is 3. The average molecular weight is 520 g/mol. The van der Waals surface area contributed by atoms with Gasteiger partial charge in [0, 0.05) is 32.0 Å². The van der Waals surface area contributed by atoms with Crippen LogP contribution in [0, 0.1) is 0 Å². The lowest BCUT2D eigenvalue weighted by atomic mass is 9.99. The van der Waals surface area contributed by atoms with Crippen molar-refractivity contribution < 1.29 is 29.4 Å². The Kier molecular flexibility index (Phi) is 10.6. The number of likely N-dealkylation sites (tertiary alicyclic amines) is 1. The van der Waals surface area contributed by atoms with Crippen LogP contribution in [0.15, 0.2) is 35.5 Å². The standard InChI is InChI=1S/C26H34ClN3O6/c27-25-20-15-18(29-35-17-23(33)30-13-7-4-8-14-30)9-5-2-1-3-6-10-19(11-12-28)36-26(34)24(20)21(31)16-22(25)32/h3,5-6,9,16,19,31-32H,1-2,4,7-8,10-15,17,28H2/b6-3+,9-5+,29-18?. The number of phenols is 2. The van der Waals surface area contributed by atoms with Crippen LogP contribution in [0.25, 0.3) is 0 Å². The Morgan fingerprint density at radius 1 is 1.17 bits per heavy atom. The molecule has 1 saturated heterocycles. The highest BCUT2D eigenvalue weighted by atomic mass is 35.5. The number of fused-ring (bicyclic) bond motifs is 1. The van der Waals surface area contributed by atoms with Crippen molar-refractivity contribution in [2.24, 2.45) is 10.9 Å². The molecule has 2 aliphatic heterocycles. The van der Waals surface area contributed by atoms with Crippen molar-refractivity contribution in [1.29, 1.82) is 0 Å². The molecular formula is C26H34ClN3O6. The number of phenolic OH excluding ortho intramolecular Hbond substituents is 2. The first-order valence-corrected chi connectivity index (χ1v) is 12.7. The lowest BCUT2D eigenvalue weighted by Gasteiger charge is -2.26. The van der Waals surface area contributed by atoms with Crippen LogP contribution in [0.5, 0.6) is 11.5 Å². The van der Waals surface area contributed by atoms with E-state index >= 15 is 0 Å². The summed E-state index contributed by atoms with van der Waals surface area (Å²) >= 11 is 6.37. The van der Waals surface area contributed by atoms with E-state index in [1.54, 1.807) is 11.0 Å². The van der Waals surface area contributed by atoms with Crippen LogP contribution in [0.4, 0.5) is 0 Å². The number of rotatable bonds is 5. The first-order chi connectivity index (χ1) is 17.4. The fourth-order valence-corrected chi connectivity index (χ4v) is 4.40. The predicted octanol–water partition coefficient (Wildman–Crippen LogP) is 3.85. The maximum Gasteiger partial charge on any atom is 0.342 e. The van der Waals surface area contributed by atoms with Crippen molar-refractivity contribution in [1.82, 2.24) is 4.90 Å². The molecule has 1 fully saturated rings. The predicted molar refractivity (Wildman–Crippen MR) is 137 cm³/mol. The summed E-state index contributed by atoms with van der Waals surface area (Å²) in [5, 5.41) is 24.8. The summed E-state index contributed by atoms with van der Waals surface area (Å²) in [5.41, 5.74) is 6.03. The van der Waals surface area contributed by atoms with E-state index in [1.807, 2.05) is 18.2 Å². The van der Waals surface area contributed by atoms with Crippen molar-refractivity contribution in [3.8, 4) is 11.5 Å². The van der Waals surface area contributed by atoms with Gasteiger partial charge in [0.2, 0.25) is 0 Å². The van der Waals surface area contributed by atoms with E-state index in [1.165, 1.54) is 0 Å². The molecule has 2 aliphatic rings. The van der Waals surface area contributed by atoms with Crippen LogP contribution in [-0.2, 0) is 20.8 Å². The molecule has 1 amide bonds. The number of oxime groups is 1. The maximum atomic E-state index is 13.1. The van der Waals surface area contributed by atoms with Gasteiger partial charge in [0.05, 0.1) is 10.7 Å². The number of ether oxygens (including phenoxy) is 1. The normalized spacial score (nSPS) is 22.3. The lowest BCUT2D eigenvalue weighted by molar-refractivity contribution is -0.137. The van der Waals surface area contributed by atoms with E-state index in [2.05, 4.69) is 5.16 Å². The molecule has 1 aromatic carbocycles. The van der Waals surface area contributed by atoms with Gasteiger partial charge in [0.1, 0.15) is 23.2 Å². The number of nitrogens with two attached hydrogens (primary N) is 1. The van der Waals surface area contributed by atoms with Crippen molar-refractivity contribution >= 4 is 29.2 Å². The quantitative estimate of drug-likeness (QED) is 0.305. The fraction of sp³-hybridized carbons (Fsp3) is 0.500. The topological polar surface area (TPSA) is 135 Å². The molecule has 0 radical (unpaired) electrons. The van der Waals surface area contributed by atoms with Crippen LogP contribution in [-0.4, -0.2) is 65.0 Å². The number of halogens is 1. The minimum absolute atomic E-state index is 0.0446. The second kappa shape index (κ2) is 13.9. The molecule has 9 nitrogen and oxygen atoms in total. The van der Waals surface area contributed by atoms with Crippen LogP contribution in [0.2, 0.25) is 5.02 Å². The van der Waals surface area contributed by atoms with Gasteiger partial charge in [-0.05, 0) is 56.7 Å². The SMILES string of the molecule is NCCC1C/C=C/CC/C=C/C(=NOCC(=O)N2CCCCC2)Cc2c(Cl)c(O)cc(O)c2C(=O)O1. The van der Waals surface area contributed by atoms with Gasteiger partial charge in [0.15, 0.2) is 6.61 Å². The molecule has 10 heteroatoms. The molecule has 2 heterocycles. The van der Waals surface area contributed by atoms with Gasteiger partial charge in [-0.1, -0.05) is 35.0 Å². The number of esters is 1. The summed E-state index contributed by atoms with van der Waals surface area (Å²) in [6.07, 6.45) is 12.5. The first kappa shape index (κ1) is 27.5. The van der Waals surface area contributed by atoms with Gasteiger partial charge in [-0.3, -0.25) is 4.79 Å². The second-order valence-electron chi connectivity index (χ2n) is 8.85. The number of carbonyl (C=O) groups excluding carboxylic acids is 2. The number of benzene rings is 1. The maximum absolute atomic E-state index is 13.1. The molecule has 196 valence electrons. The van der Waals surface area contributed by atoms with Gasteiger partial charge in [-0.2, -0.15) is 0 Å². The first-order valence-electron chi connectivity index (χ1n) is 12.3. The zero-order valence-corrected chi connectivity index (χ0v) is 21.1. The van der Waals surface area contributed by atoms with Gasteiger partial charge >= 0.3 is 5.97 Å². The number of hydrogen-bond acceptors (Lipinski definition) is 8. The van der Waals surface area contributed by atoms with Gasteiger partial charge in [-0.25, -0.2) is 4.79 Å². The highest BCUT2D eigenvalue weighted by Gasteiger charge is 2.26. The molecule has 0 bridgehead atoms. The summed E-state index contributed by atoms with van der Waals surface area (Å²) in [6.45, 7) is 1.53. The van der Waals surface area contributed by atoms with Crippen molar-refractivity contribution in [3.05, 3.63) is 46.5 Å². The minimum Gasteiger partial charge on any atom is -0.507 e. The Labute approximate surface area is 216 Å². The molecule has 36 heavy (non-hydrogen) atoms. The zero-order chi connectivity index (χ0) is 25.9. The van der Waals surface area contributed by atoms with Crippen molar-refractivity contribution in [2.45, 2.75) is 57.5 Å². The molecular weight excluding hydrogens is 486 g/mol. The number of hydrogen-bond donors (Lipinski definition) is 3. The second-order valence-corrected chi connectivity index (χ2v) is 9.23. The fourth-order valence-electron chi connectivity index (χ4n) is 4.18. The summed E-state index contributed by atoms with van der Waals surface area (Å²) in [4.78, 5) is 32.7. The monoisotopic (exact) mass is 519 g/mol. The van der Waals surface area contributed by atoms with E-state index in [0.29, 0.717) is 38.2 Å². The van der Waals surface area contributed by atoms with Crippen LogP contribution >= 0.6 is 11.6 Å². The van der Waals surface area contributed by atoms with Gasteiger partial charge in [-0.15, -0.1) is 0 Å². The number of nitrogens with zero attached hydrogens (tertiary/aromatic N) is 2. The Bertz CT molecular complexity index is 1020. The number of aromatic hydroxyl groups is 2. The average Bonchev–Trinajstić information content (AvgIpc) is 2.86. The van der Waals surface area contributed by atoms with E-state index in [4.69, 9.17) is 26.9 Å². The molecule has 0 aromatic heterocycles. The largest absolute Gasteiger partial charge is 0.507 e. The van der Waals surface area contributed by atoms with E-state index in [9.17, 15) is 19.8 Å². The van der Waals surface area contributed by atoms with E-state index < -0.39 is 17.8 Å². The van der Waals surface area contributed by atoms with Crippen LogP contribution in [0.3, 0.4) is 0 Å². The Morgan fingerprint density at radius 3 is 2.67 bits per heavy atom. The number of cyclic esters (lactones) is 1. The molecule has 0 spiro atoms. The van der Waals surface area contributed by atoms with Crippen LogP contribution in [0.1, 0.15) is 60.9 Å². The highest BCUT2D eigenvalue weighted by molar-refractivity contribution is 6.33. The lowest BCUT2D eigenvalue weighted by Crippen LogP contribution is -2.37. The number of carbonyl (C=O) groups is 2. The van der Waals surface area contributed by atoms with Crippen molar-refractivity contribution in [3.63, 3.8) is 0 Å². The third kappa shape index (κ3) is 7.73. The van der Waals surface area contributed by atoms with Gasteiger partial charge in [0.25, 0.3) is 5.91 Å². The molecule has 1 unspecified atom stereocenters. The molecule has 1 atom stereocenters. The number of amides is 1. The molecule has 3 rings (SSSR count). The Morgan fingerprint density at radius 2 is 1.92 bits per heavy atom. The summed E-state index contributed by atoms with van der Waals surface area (Å²) in [7, 11) is 0. The third-order valence-corrected chi connectivity index (χ3v) is 6.52. The summed E-state index contributed by atoms with van der Waals surface area (Å²) in [6, 6.07) is 1.00. The molecule has 4 N–H and O–H groups in total. The zero-order valence-electron chi connectivity index (χ0n) is 20.3. The summed E-state index contributed by atoms with van der Waals surface area (Å²) < 4.78 is 5.64. The minimum atomic E-state index is -0.780. The van der Waals surface area contributed by atoms with Gasteiger partial charge < -0.3 is 30.4 Å². The van der Waals surface area contributed by atoms with Crippen molar-refractivity contribution in [2.75, 3.05) is 26.2 Å². The molecule has 0 aliphatic carbocycles. The smallest absolute Gasteiger partial charge is 0.342 e. The Hall–Kier alpha value is -3.04. The van der Waals surface area contributed by atoms with Crippen LogP contribution < -0.4 is 5.73 Å². The van der Waals surface area contributed by atoms with E-state index in [-0.39, 0.29) is 40.8 Å². The Balaban J connectivity index is 1.90. The molecule has 1 aromatic rings. The third-order valence-electron chi connectivity index (χ3n) is 6.10. The summed E-state index contributed by atoms with van der Waals surface area (Å²) in [5.74, 6) is -1.77. The highest BCUT2D eigenvalue weighted by Crippen LogP contribution is 2.37. The molecule has 0 saturated carbocycles.